The Morgan fingerprint density at radius 2 is 2.27 bits per heavy atom. The van der Waals surface area contributed by atoms with Crippen molar-refractivity contribution in [3.05, 3.63) is 11.5 Å². The fraction of sp³-hybridized carbons (Fsp3) is 0.444. The summed E-state index contributed by atoms with van der Waals surface area (Å²) in [5, 5.41) is 17.9. The van der Waals surface area contributed by atoms with Crippen molar-refractivity contribution in [1.29, 1.82) is 5.26 Å². The molecular weight excluding hydrogens is 198 g/mol. The Bertz CT molecular complexity index is 326. The number of rotatable bonds is 4. The molecule has 0 heterocycles. The van der Waals surface area contributed by atoms with Crippen LogP contribution in [0.5, 0.6) is 0 Å². The van der Waals surface area contributed by atoms with E-state index >= 15 is 0 Å². The van der Waals surface area contributed by atoms with Gasteiger partial charge < -0.3 is 14.7 Å². The lowest BCUT2D eigenvalue weighted by Crippen LogP contribution is -2.11. The Labute approximate surface area is 88.1 Å². The molecule has 1 N–H and O–H groups in total. The summed E-state index contributed by atoms with van der Waals surface area (Å²) in [4.78, 5) is 16.2. The lowest BCUT2D eigenvalue weighted by atomic mass is 10.3. The molecule has 6 heteroatoms. The maximum Gasteiger partial charge on any atom is 0.354 e. The summed E-state index contributed by atoms with van der Waals surface area (Å²) in [5.74, 6) is -1.53. The van der Waals surface area contributed by atoms with Crippen molar-refractivity contribution in [3.63, 3.8) is 0 Å². The first-order valence-corrected chi connectivity index (χ1v) is 4.24. The van der Waals surface area contributed by atoms with Crippen molar-refractivity contribution in [2.24, 2.45) is 4.99 Å². The average molecular weight is 211 g/mol. The molecular formula is C9H13N3O3. The van der Waals surface area contributed by atoms with Gasteiger partial charge in [0, 0.05) is 14.1 Å². The van der Waals surface area contributed by atoms with Crippen LogP contribution in [0.15, 0.2) is 16.4 Å². The molecule has 0 fully saturated rings. The Morgan fingerprint density at radius 3 is 2.67 bits per heavy atom. The molecule has 0 aromatic rings. The van der Waals surface area contributed by atoms with Crippen LogP contribution in [0.4, 0.5) is 0 Å². The van der Waals surface area contributed by atoms with Gasteiger partial charge >= 0.3 is 5.97 Å². The molecule has 82 valence electrons. The predicted octanol–water partition coefficient (Wildman–Crippen LogP) is 0.433. The molecule has 0 aliphatic heterocycles. The van der Waals surface area contributed by atoms with Crippen LogP contribution in [0.2, 0.25) is 0 Å². The van der Waals surface area contributed by atoms with Crippen molar-refractivity contribution in [2.45, 2.75) is 6.92 Å². The molecule has 0 spiro atoms. The van der Waals surface area contributed by atoms with Crippen molar-refractivity contribution >= 4 is 12.3 Å². The highest BCUT2D eigenvalue weighted by Crippen LogP contribution is 2.04. The van der Waals surface area contributed by atoms with Gasteiger partial charge in [0.2, 0.25) is 5.88 Å². The first kappa shape index (κ1) is 13.0. The van der Waals surface area contributed by atoms with Crippen LogP contribution in [-0.2, 0) is 9.53 Å². The van der Waals surface area contributed by atoms with Crippen LogP contribution in [0.1, 0.15) is 6.92 Å². The van der Waals surface area contributed by atoms with Crippen LogP contribution in [0.25, 0.3) is 0 Å². The summed E-state index contributed by atoms with van der Waals surface area (Å²) >= 11 is 0. The van der Waals surface area contributed by atoms with E-state index in [1.807, 2.05) is 0 Å². The highest BCUT2D eigenvalue weighted by molar-refractivity contribution is 5.93. The van der Waals surface area contributed by atoms with E-state index in [1.54, 1.807) is 25.9 Å². The molecule has 0 saturated heterocycles. The maximum absolute atomic E-state index is 11.1. The number of carbonyl (C=O) groups excluding carboxylic acids is 1. The van der Waals surface area contributed by atoms with Crippen molar-refractivity contribution in [3.8, 4) is 6.07 Å². The molecule has 0 aromatic heterocycles. The number of aliphatic imine (C=N–C) groups is 1. The molecule has 0 aromatic carbocycles. The van der Waals surface area contributed by atoms with Crippen LogP contribution in [0.3, 0.4) is 0 Å². The maximum atomic E-state index is 11.1. The third kappa shape index (κ3) is 4.67. The molecule has 6 nitrogen and oxygen atoms in total. The molecule has 0 rings (SSSR count). The van der Waals surface area contributed by atoms with Crippen LogP contribution in [-0.4, -0.2) is 43.0 Å². The minimum atomic E-state index is -0.881. The molecule has 0 bridgehead atoms. The highest BCUT2D eigenvalue weighted by atomic mass is 16.5. The third-order valence-electron chi connectivity index (χ3n) is 1.23. The minimum absolute atomic E-state index is 0.134. The first-order chi connectivity index (χ1) is 7.02. The van der Waals surface area contributed by atoms with Crippen LogP contribution in [0, 0.1) is 11.3 Å². The summed E-state index contributed by atoms with van der Waals surface area (Å²) in [6.07, 6.45) is 1.27. The zero-order valence-electron chi connectivity index (χ0n) is 8.89. The fourth-order valence-corrected chi connectivity index (χ4v) is 0.625. The third-order valence-corrected chi connectivity index (χ3v) is 1.23. The van der Waals surface area contributed by atoms with Gasteiger partial charge in [0.15, 0.2) is 5.57 Å². The lowest BCUT2D eigenvalue weighted by Gasteiger charge is -2.03. The van der Waals surface area contributed by atoms with Gasteiger partial charge in [0.05, 0.1) is 12.9 Å². The number of aliphatic hydroxyl groups is 1. The van der Waals surface area contributed by atoms with Gasteiger partial charge in [-0.15, -0.1) is 0 Å². The number of nitriles is 1. The van der Waals surface area contributed by atoms with Gasteiger partial charge in [0.1, 0.15) is 6.07 Å². The molecule has 0 amide bonds. The van der Waals surface area contributed by atoms with E-state index < -0.39 is 17.4 Å². The summed E-state index contributed by atoms with van der Waals surface area (Å²) in [7, 11) is 3.38. The Hall–Kier alpha value is -2.03. The molecule has 0 unspecified atom stereocenters. The fourth-order valence-electron chi connectivity index (χ4n) is 0.625. The molecule has 0 aliphatic carbocycles. The van der Waals surface area contributed by atoms with Gasteiger partial charge in [-0.25, -0.2) is 9.79 Å². The minimum Gasteiger partial charge on any atom is -0.492 e. The van der Waals surface area contributed by atoms with E-state index in [2.05, 4.69) is 9.73 Å². The molecule has 0 atom stereocenters. The summed E-state index contributed by atoms with van der Waals surface area (Å²) < 4.78 is 4.56. The molecule has 0 saturated carbocycles. The van der Waals surface area contributed by atoms with E-state index in [9.17, 15) is 9.90 Å². The summed E-state index contributed by atoms with van der Waals surface area (Å²) in [5.41, 5.74) is -0.505. The number of nitrogens with zero attached hydrogens (tertiary/aromatic N) is 3. The second-order valence-corrected chi connectivity index (χ2v) is 2.74. The number of esters is 1. The van der Waals surface area contributed by atoms with Gasteiger partial charge in [-0.3, -0.25) is 0 Å². The second-order valence-electron chi connectivity index (χ2n) is 2.74. The number of aliphatic hydroxyl groups excluding tert-OH is 1. The quantitative estimate of drug-likeness (QED) is 0.182. The Balaban J connectivity index is 4.84. The van der Waals surface area contributed by atoms with E-state index in [0.717, 1.165) is 0 Å². The SMILES string of the molecule is CCOC(=O)/C(C#N)=C(O)/N=C/N(C)C. The zero-order valence-corrected chi connectivity index (χ0v) is 8.89. The van der Waals surface area contributed by atoms with Crippen molar-refractivity contribution in [1.82, 2.24) is 4.90 Å². The number of hydrogen-bond acceptors (Lipinski definition) is 5. The van der Waals surface area contributed by atoms with Crippen LogP contribution >= 0.6 is 0 Å². The van der Waals surface area contributed by atoms with Crippen molar-refractivity contribution < 1.29 is 14.6 Å². The van der Waals surface area contributed by atoms with Crippen LogP contribution < -0.4 is 0 Å². The number of carbonyl (C=O) groups is 1. The largest absolute Gasteiger partial charge is 0.492 e. The van der Waals surface area contributed by atoms with Gasteiger partial charge in [-0.2, -0.15) is 5.26 Å². The Morgan fingerprint density at radius 1 is 1.67 bits per heavy atom. The molecule has 0 aliphatic rings. The standard InChI is InChI=1S/C9H13N3O3/c1-4-15-9(14)7(5-10)8(13)11-6-12(2)3/h6,13H,4H2,1-3H3/b8-7-,11-6+. The smallest absolute Gasteiger partial charge is 0.354 e. The summed E-state index contributed by atoms with van der Waals surface area (Å²) in [6.45, 7) is 1.74. The number of ether oxygens (including phenoxy) is 1. The van der Waals surface area contributed by atoms with Gasteiger partial charge in [-0.05, 0) is 6.92 Å². The zero-order chi connectivity index (χ0) is 11.8. The Kier molecular flexibility index (Phi) is 5.56. The predicted molar refractivity (Wildman–Crippen MR) is 54.1 cm³/mol. The normalized spacial score (nSPS) is 11.9. The van der Waals surface area contributed by atoms with Crippen molar-refractivity contribution in [2.75, 3.05) is 20.7 Å². The summed E-state index contributed by atoms with van der Waals surface area (Å²) in [6, 6.07) is 1.53. The van der Waals surface area contributed by atoms with E-state index in [-0.39, 0.29) is 6.61 Å². The molecule has 15 heavy (non-hydrogen) atoms. The van der Waals surface area contributed by atoms with E-state index in [1.165, 1.54) is 12.4 Å². The molecule has 0 radical (unpaired) electrons. The first-order valence-electron chi connectivity index (χ1n) is 4.24. The van der Waals surface area contributed by atoms with Gasteiger partial charge in [-0.1, -0.05) is 0 Å². The van der Waals surface area contributed by atoms with E-state index in [4.69, 9.17) is 5.26 Å². The second kappa shape index (κ2) is 6.43. The average Bonchev–Trinajstić information content (AvgIpc) is 2.16. The van der Waals surface area contributed by atoms with Gasteiger partial charge in [0.25, 0.3) is 0 Å². The lowest BCUT2D eigenvalue weighted by molar-refractivity contribution is -0.138. The van der Waals surface area contributed by atoms with E-state index in [0.29, 0.717) is 0 Å². The highest BCUT2D eigenvalue weighted by Gasteiger charge is 2.15. The number of hydrogen-bond donors (Lipinski definition) is 1. The monoisotopic (exact) mass is 211 g/mol. The topological polar surface area (TPSA) is 85.9 Å².